The Morgan fingerprint density at radius 2 is 2.12 bits per heavy atom. The van der Waals surface area contributed by atoms with Crippen LogP contribution in [0.2, 0.25) is 0 Å². The molecule has 1 fully saturated rings. The molecule has 1 aliphatic heterocycles. The SMILES string of the molecule is CN=C(NCC(C)C(=O)OC)N1CCN(S(=O)(=O)Cc2ccon2)CC1. The van der Waals surface area contributed by atoms with Gasteiger partial charge >= 0.3 is 5.97 Å². The first-order valence-corrected chi connectivity index (χ1v) is 9.88. The monoisotopic (exact) mass is 387 g/mol. The Morgan fingerprint density at radius 1 is 1.42 bits per heavy atom. The van der Waals surface area contributed by atoms with Gasteiger partial charge in [0.15, 0.2) is 5.96 Å². The van der Waals surface area contributed by atoms with Crippen LogP contribution in [0, 0.1) is 5.92 Å². The number of carbonyl (C=O) groups excluding carboxylic acids is 1. The smallest absolute Gasteiger partial charge is 0.310 e. The number of sulfonamides is 1. The average Bonchev–Trinajstić information content (AvgIpc) is 3.14. The Kier molecular flexibility index (Phi) is 6.98. The summed E-state index contributed by atoms with van der Waals surface area (Å²) in [6.45, 7) is 3.88. The molecule has 1 unspecified atom stereocenters. The van der Waals surface area contributed by atoms with Crippen molar-refractivity contribution in [3.8, 4) is 0 Å². The highest BCUT2D eigenvalue weighted by atomic mass is 32.2. The third-order valence-electron chi connectivity index (χ3n) is 4.13. The van der Waals surface area contributed by atoms with Gasteiger partial charge in [-0.2, -0.15) is 4.31 Å². The number of methoxy groups -OCH3 is 1. The molecule has 1 saturated heterocycles. The highest BCUT2D eigenvalue weighted by Crippen LogP contribution is 2.13. The van der Waals surface area contributed by atoms with Crippen LogP contribution in [0.1, 0.15) is 12.6 Å². The van der Waals surface area contributed by atoms with Crippen molar-refractivity contribution >= 4 is 22.0 Å². The van der Waals surface area contributed by atoms with Gasteiger partial charge in [-0.1, -0.05) is 12.1 Å². The van der Waals surface area contributed by atoms with Crippen molar-refractivity contribution in [3.05, 3.63) is 18.0 Å². The Labute approximate surface area is 153 Å². The largest absolute Gasteiger partial charge is 0.469 e. The van der Waals surface area contributed by atoms with E-state index in [0.29, 0.717) is 44.4 Å². The lowest BCUT2D eigenvalue weighted by Gasteiger charge is -2.35. The van der Waals surface area contributed by atoms with Gasteiger partial charge in [-0.25, -0.2) is 8.42 Å². The summed E-state index contributed by atoms with van der Waals surface area (Å²) in [6.07, 6.45) is 1.35. The molecule has 1 aromatic heterocycles. The maximum absolute atomic E-state index is 12.5. The van der Waals surface area contributed by atoms with E-state index in [9.17, 15) is 13.2 Å². The van der Waals surface area contributed by atoms with Gasteiger partial charge in [0.25, 0.3) is 0 Å². The normalized spacial score (nSPS) is 17.8. The number of aliphatic imine (C=N–C) groups is 1. The van der Waals surface area contributed by atoms with Gasteiger partial charge < -0.3 is 19.5 Å². The van der Waals surface area contributed by atoms with E-state index in [4.69, 9.17) is 4.74 Å². The fourth-order valence-electron chi connectivity index (χ4n) is 2.63. The van der Waals surface area contributed by atoms with Crippen molar-refractivity contribution < 1.29 is 22.5 Å². The van der Waals surface area contributed by atoms with Crippen molar-refractivity contribution in [1.29, 1.82) is 0 Å². The molecular formula is C15H25N5O5S. The third kappa shape index (κ3) is 5.18. The number of guanidine groups is 1. The maximum atomic E-state index is 12.5. The molecule has 2 heterocycles. The average molecular weight is 387 g/mol. The number of nitrogens with zero attached hydrogens (tertiary/aromatic N) is 4. The second kappa shape index (κ2) is 8.99. The van der Waals surface area contributed by atoms with E-state index >= 15 is 0 Å². The molecular weight excluding hydrogens is 362 g/mol. The highest BCUT2D eigenvalue weighted by Gasteiger charge is 2.29. The Hall–Kier alpha value is -2.14. The van der Waals surface area contributed by atoms with E-state index in [2.05, 4.69) is 20.0 Å². The first kappa shape index (κ1) is 20.2. The molecule has 1 N–H and O–H groups in total. The molecule has 1 atom stereocenters. The van der Waals surface area contributed by atoms with Crippen LogP contribution >= 0.6 is 0 Å². The summed E-state index contributed by atoms with van der Waals surface area (Å²) in [5, 5.41) is 6.79. The van der Waals surface area contributed by atoms with Gasteiger partial charge in [0, 0.05) is 45.8 Å². The van der Waals surface area contributed by atoms with E-state index in [1.54, 1.807) is 20.0 Å². The molecule has 0 amide bonds. The molecule has 0 saturated carbocycles. The highest BCUT2D eigenvalue weighted by molar-refractivity contribution is 7.88. The lowest BCUT2D eigenvalue weighted by Crippen LogP contribution is -2.54. The van der Waals surface area contributed by atoms with E-state index in [0.717, 1.165) is 0 Å². The predicted molar refractivity (Wildman–Crippen MR) is 94.8 cm³/mol. The fourth-order valence-corrected chi connectivity index (χ4v) is 4.05. The third-order valence-corrected chi connectivity index (χ3v) is 5.95. The van der Waals surface area contributed by atoms with E-state index in [-0.39, 0.29) is 17.6 Å². The summed E-state index contributed by atoms with van der Waals surface area (Å²) in [4.78, 5) is 17.6. The van der Waals surface area contributed by atoms with Gasteiger partial charge in [0.1, 0.15) is 12.0 Å². The molecule has 0 radical (unpaired) electrons. The number of hydrogen-bond acceptors (Lipinski definition) is 7. The van der Waals surface area contributed by atoms with Crippen LogP contribution in [0.5, 0.6) is 0 Å². The molecule has 26 heavy (non-hydrogen) atoms. The number of hydrogen-bond donors (Lipinski definition) is 1. The number of nitrogens with one attached hydrogen (secondary N) is 1. The maximum Gasteiger partial charge on any atom is 0.310 e. The van der Waals surface area contributed by atoms with Crippen molar-refractivity contribution in [2.45, 2.75) is 12.7 Å². The van der Waals surface area contributed by atoms with Crippen molar-refractivity contribution in [2.24, 2.45) is 10.9 Å². The standard InChI is InChI=1S/C15H25N5O5S/c1-12(14(21)24-3)10-17-15(16-2)19-5-7-20(8-6-19)26(22,23)11-13-4-9-25-18-13/h4,9,12H,5-8,10-11H2,1-3H3,(H,16,17). The molecule has 0 bridgehead atoms. The number of aromatic nitrogens is 1. The molecule has 0 aliphatic carbocycles. The lowest BCUT2D eigenvalue weighted by molar-refractivity contribution is -0.144. The van der Waals surface area contributed by atoms with Crippen LogP contribution in [0.4, 0.5) is 0 Å². The Balaban J connectivity index is 1.87. The van der Waals surface area contributed by atoms with Crippen molar-refractivity contribution in [1.82, 2.24) is 19.7 Å². The zero-order chi connectivity index (χ0) is 19.2. The minimum absolute atomic E-state index is 0.173. The molecule has 0 spiro atoms. The zero-order valence-electron chi connectivity index (χ0n) is 15.2. The van der Waals surface area contributed by atoms with E-state index in [1.165, 1.54) is 17.7 Å². The summed E-state index contributed by atoms with van der Waals surface area (Å²) in [6, 6.07) is 1.54. The van der Waals surface area contributed by atoms with E-state index < -0.39 is 10.0 Å². The molecule has 2 rings (SSSR count). The minimum atomic E-state index is -3.44. The van der Waals surface area contributed by atoms with E-state index in [1.807, 2.05) is 4.90 Å². The van der Waals surface area contributed by atoms with Gasteiger partial charge in [-0.05, 0) is 0 Å². The number of esters is 1. The summed E-state index contributed by atoms with van der Waals surface area (Å²) in [7, 11) is -0.435. The second-order valence-electron chi connectivity index (χ2n) is 5.99. The van der Waals surface area contributed by atoms with Crippen LogP contribution in [0.15, 0.2) is 21.8 Å². The zero-order valence-corrected chi connectivity index (χ0v) is 16.0. The summed E-state index contributed by atoms with van der Waals surface area (Å²) in [5.74, 6) is -0.139. The first-order valence-electron chi connectivity index (χ1n) is 8.28. The molecule has 146 valence electrons. The number of piperazine rings is 1. The molecule has 10 nitrogen and oxygen atoms in total. The number of rotatable bonds is 6. The number of ether oxygens (including phenoxy) is 1. The first-order chi connectivity index (χ1) is 12.4. The van der Waals surface area contributed by atoms with Crippen LogP contribution in [-0.2, 0) is 25.3 Å². The Bertz CT molecular complexity index is 711. The van der Waals surface area contributed by atoms with Crippen LogP contribution in [0.25, 0.3) is 0 Å². The second-order valence-corrected chi connectivity index (χ2v) is 7.95. The molecule has 0 aromatic carbocycles. The topological polar surface area (TPSA) is 117 Å². The summed E-state index contributed by atoms with van der Waals surface area (Å²) in [5.41, 5.74) is 0.390. The van der Waals surface area contributed by atoms with Crippen LogP contribution in [0.3, 0.4) is 0 Å². The number of carbonyl (C=O) groups is 1. The summed E-state index contributed by atoms with van der Waals surface area (Å²) < 4.78 is 35.7. The van der Waals surface area contributed by atoms with Crippen LogP contribution in [-0.4, -0.2) is 81.6 Å². The van der Waals surface area contributed by atoms with Crippen molar-refractivity contribution in [3.63, 3.8) is 0 Å². The van der Waals surface area contributed by atoms with Gasteiger partial charge in [-0.3, -0.25) is 9.79 Å². The minimum Gasteiger partial charge on any atom is -0.469 e. The van der Waals surface area contributed by atoms with Gasteiger partial charge in [0.05, 0.1) is 18.7 Å². The molecule has 11 heteroatoms. The lowest BCUT2D eigenvalue weighted by atomic mass is 10.2. The summed E-state index contributed by atoms with van der Waals surface area (Å²) >= 11 is 0. The quantitative estimate of drug-likeness (QED) is 0.395. The van der Waals surface area contributed by atoms with Gasteiger partial charge in [0.2, 0.25) is 10.0 Å². The fraction of sp³-hybridized carbons (Fsp3) is 0.667. The molecule has 1 aliphatic rings. The van der Waals surface area contributed by atoms with Crippen molar-refractivity contribution in [2.75, 3.05) is 46.9 Å². The molecule has 1 aromatic rings. The predicted octanol–water partition coefficient (Wildman–Crippen LogP) is -0.493. The van der Waals surface area contributed by atoms with Crippen LogP contribution < -0.4 is 5.32 Å². The van der Waals surface area contributed by atoms with Gasteiger partial charge in [-0.15, -0.1) is 0 Å². The Morgan fingerprint density at radius 3 is 2.65 bits per heavy atom.